The average Bonchev–Trinajstić information content (AvgIpc) is 3.17. The Morgan fingerprint density at radius 3 is 2.29 bits per heavy atom. The van der Waals surface area contributed by atoms with E-state index in [0.717, 1.165) is 32.4 Å². The van der Waals surface area contributed by atoms with Crippen molar-refractivity contribution in [2.24, 2.45) is 11.8 Å². The first kappa shape index (κ1) is 14.0. The predicted molar refractivity (Wildman–Crippen MR) is 78.1 cm³/mol. The number of nitrogens with one attached hydrogen (secondary N) is 1. The van der Waals surface area contributed by atoms with E-state index in [-0.39, 0.29) is 5.91 Å². The Hall–Kier alpha value is -0.660. The zero-order chi connectivity index (χ0) is 14.8. The molecule has 0 unspecified atom stereocenters. The maximum atomic E-state index is 13.0. The maximum absolute atomic E-state index is 13.0. The molecule has 1 amide bonds. The third-order valence-electron chi connectivity index (χ3n) is 5.94. The quantitative estimate of drug-likeness (QED) is 0.754. The molecule has 5 atom stereocenters. The summed E-state index contributed by atoms with van der Waals surface area (Å²) in [5.74, 6) is 1.24. The van der Waals surface area contributed by atoms with Gasteiger partial charge in [-0.2, -0.15) is 4.31 Å². The third-order valence-corrected chi connectivity index (χ3v) is 7.23. The predicted octanol–water partition coefficient (Wildman–Crippen LogP) is -0.381. The Bertz CT molecular complexity index is 546. The molecule has 118 valence electrons. The molecule has 0 aliphatic carbocycles. The van der Waals surface area contributed by atoms with Crippen molar-refractivity contribution in [3.8, 4) is 0 Å². The fraction of sp³-hybridized carbons (Fsp3) is 0.929. The Labute approximate surface area is 125 Å². The number of nitrogens with zero attached hydrogens (tertiary/aromatic N) is 2. The molecule has 2 bridgehead atoms. The molecule has 4 heterocycles. The fourth-order valence-electron chi connectivity index (χ4n) is 5.15. The van der Waals surface area contributed by atoms with Crippen molar-refractivity contribution in [1.29, 1.82) is 0 Å². The van der Waals surface area contributed by atoms with Crippen LogP contribution in [0, 0.1) is 11.8 Å². The summed E-state index contributed by atoms with van der Waals surface area (Å²) >= 11 is 0. The zero-order valence-corrected chi connectivity index (χ0v) is 13.2. The summed E-state index contributed by atoms with van der Waals surface area (Å²) in [6.45, 7) is 2.51. The van der Waals surface area contributed by atoms with Crippen LogP contribution in [-0.2, 0) is 14.8 Å². The maximum Gasteiger partial charge on any atom is 0.241 e. The molecular weight excluding hydrogens is 290 g/mol. The van der Waals surface area contributed by atoms with Crippen molar-refractivity contribution < 1.29 is 13.2 Å². The van der Waals surface area contributed by atoms with Crippen LogP contribution in [0.3, 0.4) is 0 Å². The third kappa shape index (κ3) is 1.97. The lowest BCUT2D eigenvalue weighted by molar-refractivity contribution is -0.136. The summed E-state index contributed by atoms with van der Waals surface area (Å²) in [6, 6.07) is 0.226. The molecule has 7 heteroatoms. The Morgan fingerprint density at radius 1 is 1.10 bits per heavy atom. The molecule has 4 rings (SSSR count). The highest BCUT2D eigenvalue weighted by Gasteiger charge is 2.57. The van der Waals surface area contributed by atoms with Gasteiger partial charge in [-0.05, 0) is 37.5 Å². The van der Waals surface area contributed by atoms with E-state index in [1.165, 1.54) is 10.6 Å². The summed E-state index contributed by atoms with van der Waals surface area (Å²) in [5, 5.41) is 3.44. The second-order valence-corrected chi connectivity index (χ2v) is 8.91. The zero-order valence-electron chi connectivity index (χ0n) is 12.4. The van der Waals surface area contributed by atoms with Crippen molar-refractivity contribution in [2.75, 3.05) is 25.9 Å². The minimum absolute atomic E-state index is 0.0693. The minimum Gasteiger partial charge on any atom is -0.335 e. The second kappa shape index (κ2) is 4.67. The van der Waals surface area contributed by atoms with Crippen LogP contribution in [0.2, 0.25) is 0 Å². The SMILES string of the molecule is CS(=O)(=O)N1CCC[C@H]1C(=O)N1[C@@H]2CC[C@H]1[C@H]1CNC[C@H]12. The Balaban J connectivity index is 1.59. The summed E-state index contributed by atoms with van der Waals surface area (Å²) < 4.78 is 25.2. The van der Waals surface area contributed by atoms with Gasteiger partial charge in [0.15, 0.2) is 0 Å². The molecule has 0 spiro atoms. The van der Waals surface area contributed by atoms with Crippen LogP contribution >= 0.6 is 0 Å². The van der Waals surface area contributed by atoms with Gasteiger partial charge in [-0.25, -0.2) is 8.42 Å². The van der Waals surface area contributed by atoms with E-state index < -0.39 is 16.1 Å². The Kier molecular flexibility index (Phi) is 3.10. The topological polar surface area (TPSA) is 69.7 Å². The van der Waals surface area contributed by atoms with Crippen LogP contribution in [-0.4, -0.2) is 67.5 Å². The van der Waals surface area contributed by atoms with Crippen molar-refractivity contribution in [3.63, 3.8) is 0 Å². The van der Waals surface area contributed by atoms with Gasteiger partial charge >= 0.3 is 0 Å². The van der Waals surface area contributed by atoms with Crippen LogP contribution in [0.15, 0.2) is 0 Å². The van der Waals surface area contributed by atoms with Crippen molar-refractivity contribution in [2.45, 2.75) is 43.8 Å². The number of hydrogen-bond acceptors (Lipinski definition) is 4. The van der Waals surface area contributed by atoms with Crippen molar-refractivity contribution in [1.82, 2.24) is 14.5 Å². The average molecular weight is 313 g/mol. The standard InChI is InChI=1S/C14H23N3O3S/c1-21(19,20)16-6-2-3-13(16)14(18)17-11-4-5-12(17)10-8-15-7-9(10)11/h9-13,15H,2-8H2,1H3/t9-,10+,11-,12+,13-/m0/s1. The molecule has 6 nitrogen and oxygen atoms in total. The molecule has 21 heavy (non-hydrogen) atoms. The van der Waals surface area contributed by atoms with Gasteiger partial charge < -0.3 is 10.2 Å². The second-order valence-electron chi connectivity index (χ2n) is 6.98. The highest BCUT2D eigenvalue weighted by molar-refractivity contribution is 7.88. The van der Waals surface area contributed by atoms with Gasteiger partial charge in [-0.15, -0.1) is 0 Å². The summed E-state index contributed by atoms with van der Waals surface area (Å²) in [5.41, 5.74) is 0. The van der Waals surface area contributed by atoms with Gasteiger partial charge in [0, 0.05) is 31.7 Å². The molecule has 0 aromatic heterocycles. The summed E-state index contributed by atoms with van der Waals surface area (Å²) in [6.07, 6.45) is 4.86. The van der Waals surface area contributed by atoms with Crippen LogP contribution < -0.4 is 5.32 Å². The number of carbonyl (C=O) groups is 1. The highest BCUT2D eigenvalue weighted by atomic mass is 32.2. The Morgan fingerprint density at radius 2 is 1.71 bits per heavy atom. The summed E-state index contributed by atoms with van der Waals surface area (Å²) in [4.78, 5) is 15.1. The largest absolute Gasteiger partial charge is 0.335 e. The number of amides is 1. The molecule has 0 radical (unpaired) electrons. The minimum atomic E-state index is -3.29. The van der Waals surface area contributed by atoms with Crippen LogP contribution in [0.25, 0.3) is 0 Å². The van der Waals surface area contributed by atoms with Crippen LogP contribution in [0.4, 0.5) is 0 Å². The lowest BCUT2D eigenvalue weighted by Gasteiger charge is -2.30. The lowest BCUT2D eigenvalue weighted by atomic mass is 9.82. The molecular formula is C14H23N3O3S. The van der Waals surface area contributed by atoms with E-state index in [9.17, 15) is 13.2 Å². The van der Waals surface area contributed by atoms with Gasteiger partial charge in [0.1, 0.15) is 6.04 Å². The number of rotatable bonds is 2. The molecule has 4 saturated heterocycles. The number of fused-ring (bicyclic) bond motifs is 5. The van der Waals surface area contributed by atoms with Gasteiger partial charge in [0.05, 0.1) is 6.26 Å². The van der Waals surface area contributed by atoms with Crippen molar-refractivity contribution >= 4 is 15.9 Å². The first-order valence-corrected chi connectivity index (χ1v) is 9.83. The van der Waals surface area contributed by atoms with Crippen LogP contribution in [0.5, 0.6) is 0 Å². The van der Waals surface area contributed by atoms with Crippen molar-refractivity contribution in [3.05, 3.63) is 0 Å². The van der Waals surface area contributed by atoms with E-state index in [1.807, 2.05) is 0 Å². The highest BCUT2D eigenvalue weighted by Crippen LogP contribution is 2.48. The first-order valence-electron chi connectivity index (χ1n) is 7.98. The molecule has 4 aliphatic rings. The van der Waals surface area contributed by atoms with Gasteiger partial charge in [0.2, 0.25) is 15.9 Å². The van der Waals surface area contributed by atoms with Gasteiger partial charge in [-0.1, -0.05) is 0 Å². The normalized spacial score (nSPS) is 42.7. The molecule has 0 saturated carbocycles. The molecule has 0 aromatic rings. The molecule has 4 aliphatic heterocycles. The molecule has 0 aromatic carbocycles. The van der Waals surface area contributed by atoms with E-state index in [4.69, 9.17) is 0 Å². The van der Waals surface area contributed by atoms with E-state index >= 15 is 0 Å². The van der Waals surface area contributed by atoms with Gasteiger partial charge in [-0.3, -0.25) is 4.79 Å². The molecule has 1 N–H and O–H groups in total. The molecule has 4 fully saturated rings. The first-order chi connectivity index (χ1) is 9.98. The van der Waals surface area contributed by atoms with E-state index in [2.05, 4.69) is 10.2 Å². The summed E-state index contributed by atoms with van der Waals surface area (Å²) in [7, 11) is -3.29. The number of sulfonamides is 1. The number of carbonyl (C=O) groups excluding carboxylic acids is 1. The number of hydrogen-bond donors (Lipinski definition) is 1. The smallest absolute Gasteiger partial charge is 0.241 e. The van der Waals surface area contributed by atoms with Gasteiger partial charge in [0.25, 0.3) is 0 Å². The fourth-order valence-corrected chi connectivity index (χ4v) is 6.27. The van der Waals surface area contributed by atoms with E-state index in [1.54, 1.807) is 0 Å². The van der Waals surface area contributed by atoms with Crippen LogP contribution in [0.1, 0.15) is 25.7 Å². The lowest BCUT2D eigenvalue weighted by Crippen LogP contribution is -2.50. The monoisotopic (exact) mass is 313 g/mol. The van der Waals surface area contributed by atoms with E-state index in [0.29, 0.717) is 36.9 Å².